The van der Waals surface area contributed by atoms with E-state index < -0.39 is 17.2 Å². The molecule has 0 radical (unpaired) electrons. The molecular formula is C19H15BrN8O3. The summed E-state index contributed by atoms with van der Waals surface area (Å²) in [7, 11) is 2.85. The largest absolute Gasteiger partial charge is 0.332 e. The van der Waals surface area contributed by atoms with Crippen molar-refractivity contribution in [2.75, 3.05) is 5.32 Å². The van der Waals surface area contributed by atoms with Crippen LogP contribution in [0.3, 0.4) is 0 Å². The molecular weight excluding hydrogens is 468 g/mol. The van der Waals surface area contributed by atoms with Crippen molar-refractivity contribution < 1.29 is 4.79 Å². The molecule has 0 unspecified atom stereocenters. The van der Waals surface area contributed by atoms with Crippen LogP contribution in [0.15, 0.2) is 50.9 Å². The molecule has 4 rings (SSSR count). The summed E-state index contributed by atoms with van der Waals surface area (Å²) < 4.78 is 5.26. The number of nitriles is 1. The van der Waals surface area contributed by atoms with E-state index in [-0.39, 0.29) is 33.8 Å². The lowest BCUT2D eigenvalue weighted by Gasteiger charge is -2.12. The van der Waals surface area contributed by atoms with Crippen molar-refractivity contribution in [1.29, 1.82) is 5.26 Å². The first kappa shape index (κ1) is 20.3. The zero-order valence-corrected chi connectivity index (χ0v) is 18.0. The predicted octanol–water partition coefficient (Wildman–Crippen LogP) is 0.892. The monoisotopic (exact) mass is 482 g/mol. The zero-order valence-electron chi connectivity index (χ0n) is 16.4. The lowest BCUT2D eigenvalue weighted by atomic mass is 10.3. The van der Waals surface area contributed by atoms with Gasteiger partial charge in [0.2, 0.25) is 5.91 Å². The molecule has 1 N–H and O–H groups in total. The Balaban J connectivity index is 1.74. The molecule has 0 aliphatic carbocycles. The van der Waals surface area contributed by atoms with Crippen molar-refractivity contribution in [2.45, 2.75) is 6.54 Å². The number of aromatic nitrogens is 6. The van der Waals surface area contributed by atoms with Gasteiger partial charge in [0.05, 0.1) is 11.9 Å². The highest BCUT2D eigenvalue weighted by Crippen LogP contribution is 2.21. The molecule has 3 aromatic heterocycles. The molecule has 156 valence electrons. The van der Waals surface area contributed by atoms with Crippen LogP contribution in [-0.4, -0.2) is 34.4 Å². The van der Waals surface area contributed by atoms with Gasteiger partial charge in [0.25, 0.3) is 5.56 Å². The van der Waals surface area contributed by atoms with Crippen molar-refractivity contribution >= 4 is 38.8 Å². The number of nitrogens with one attached hydrogen (secondary N) is 1. The molecule has 1 amide bonds. The second-order valence-corrected chi connectivity index (χ2v) is 7.37. The Morgan fingerprint density at radius 1 is 1.19 bits per heavy atom. The summed E-state index contributed by atoms with van der Waals surface area (Å²) in [5.74, 6) is -0.286. The van der Waals surface area contributed by atoms with Gasteiger partial charge in [0, 0.05) is 14.1 Å². The number of benzene rings is 1. The fraction of sp³-hybridized carbons (Fsp3) is 0.158. The second-order valence-electron chi connectivity index (χ2n) is 6.66. The fourth-order valence-electron chi connectivity index (χ4n) is 3.23. The molecule has 0 saturated carbocycles. The molecule has 12 heteroatoms. The molecule has 11 nitrogen and oxygen atoms in total. The van der Waals surface area contributed by atoms with Crippen LogP contribution in [0.1, 0.15) is 5.56 Å². The topological polar surface area (TPSA) is 133 Å². The number of anilines is 1. The Morgan fingerprint density at radius 3 is 2.58 bits per heavy atom. The third kappa shape index (κ3) is 3.34. The van der Waals surface area contributed by atoms with Gasteiger partial charge in [-0.15, -0.1) is 0 Å². The molecule has 0 spiro atoms. The predicted molar refractivity (Wildman–Crippen MR) is 115 cm³/mol. The van der Waals surface area contributed by atoms with Crippen LogP contribution in [0.2, 0.25) is 0 Å². The van der Waals surface area contributed by atoms with Gasteiger partial charge >= 0.3 is 5.69 Å². The Labute approximate surface area is 182 Å². The van der Waals surface area contributed by atoms with Crippen molar-refractivity contribution in [1.82, 2.24) is 28.5 Å². The Hall–Kier alpha value is -3.98. The van der Waals surface area contributed by atoms with Crippen molar-refractivity contribution in [3.8, 4) is 11.8 Å². The van der Waals surface area contributed by atoms with E-state index in [1.54, 1.807) is 12.1 Å². The summed E-state index contributed by atoms with van der Waals surface area (Å²) in [6, 6.07) is 11.0. The lowest BCUT2D eigenvalue weighted by molar-refractivity contribution is -0.116. The summed E-state index contributed by atoms with van der Waals surface area (Å²) >= 11 is 3.25. The van der Waals surface area contributed by atoms with Crippen LogP contribution < -0.4 is 16.6 Å². The van der Waals surface area contributed by atoms with Crippen LogP contribution in [0.4, 0.5) is 5.82 Å². The van der Waals surface area contributed by atoms with Gasteiger partial charge < -0.3 is 5.32 Å². The third-order valence-corrected chi connectivity index (χ3v) is 5.35. The minimum absolute atomic E-state index is 0.0521. The molecule has 0 aliphatic rings. The van der Waals surface area contributed by atoms with Gasteiger partial charge in [0.1, 0.15) is 18.2 Å². The zero-order chi connectivity index (χ0) is 22.3. The van der Waals surface area contributed by atoms with E-state index in [0.29, 0.717) is 5.69 Å². The number of hydrogen-bond donors (Lipinski definition) is 1. The van der Waals surface area contributed by atoms with Crippen LogP contribution in [0, 0.1) is 11.3 Å². The number of halogens is 1. The SMILES string of the molecule is Cn1c(=O)c2nc(Br)n(CC(=O)Nc3c(C#N)cnn3-c3ccccc3)c2n(C)c1=O. The molecule has 0 fully saturated rings. The summed E-state index contributed by atoms with van der Waals surface area (Å²) in [6.07, 6.45) is 1.36. The van der Waals surface area contributed by atoms with Crippen LogP contribution in [0.25, 0.3) is 16.9 Å². The van der Waals surface area contributed by atoms with Crippen molar-refractivity contribution in [2.24, 2.45) is 14.1 Å². The maximum atomic E-state index is 12.9. The molecule has 0 aliphatic heterocycles. The van der Waals surface area contributed by atoms with Crippen molar-refractivity contribution in [3.63, 3.8) is 0 Å². The number of amides is 1. The molecule has 0 saturated heterocycles. The van der Waals surface area contributed by atoms with Crippen LogP contribution in [0.5, 0.6) is 0 Å². The van der Waals surface area contributed by atoms with E-state index in [9.17, 15) is 19.6 Å². The first-order valence-corrected chi connectivity index (χ1v) is 9.78. The normalized spacial score (nSPS) is 10.9. The standard InChI is InChI=1S/C19H15BrN8O3/c1-25-16-14(17(30)26(2)19(25)31)24-18(20)27(16)10-13(29)23-15-11(8-21)9-22-28(15)12-6-4-3-5-7-12/h3-7,9H,10H2,1-2H3,(H,23,29). The van der Waals surface area contributed by atoms with Gasteiger partial charge in [0.15, 0.2) is 21.7 Å². The van der Waals surface area contributed by atoms with Gasteiger partial charge in [-0.25, -0.2) is 14.5 Å². The highest BCUT2D eigenvalue weighted by atomic mass is 79.9. The van der Waals surface area contributed by atoms with E-state index in [1.807, 2.05) is 24.3 Å². The van der Waals surface area contributed by atoms with E-state index in [1.165, 1.54) is 34.1 Å². The number of imidazole rings is 1. The average molecular weight is 483 g/mol. The number of carbonyl (C=O) groups excluding carboxylic acids is 1. The molecule has 3 heterocycles. The summed E-state index contributed by atoms with van der Waals surface area (Å²) in [6.45, 7) is -0.262. The fourth-order valence-corrected chi connectivity index (χ4v) is 3.70. The lowest BCUT2D eigenvalue weighted by Crippen LogP contribution is -2.37. The maximum absolute atomic E-state index is 12.9. The smallest absolute Gasteiger partial charge is 0.308 e. The first-order chi connectivity index (χ1) is 14.8. The number of carbonyl (C=O) groups is 1. The van der Waals surface area contributed by atoms with Crippen LogP contribution >= 0.6 is 15.9 Å². The minimum Gasteiger partial charge on any atom is -0.308 e. The highest BCUT2D eigenvalue weighted by molar-refractivity contribution is 9.10. The number of aryl methyl sites for hydroxylation is 1. The van der Waals surface area contributed by atoms with E-state index in [2.05, 4.69) is 31.3 Å². The van der Waals surface area contributed by atoms with Gasteiger partial charge in [-0.3, -0.25) is 23.3 Å². The van der Waals surface area contributed by atoms with Gasteiger partial charge in [-0.05, 0) is 28.1 Å². The average Bonchev–Trinajstić information content (AvgIpc) is 3.32. The Bertz CT molecular complexity index is 1490. The first-order valence-electron chi connectivity index (χ1n) is 8.98. The van der Waals surface area contributed by atoms with Crippen LogP contribution in [-0.2, 0) is 25.4 Å². The number of para-hydroxylation sites is 1. The molecule has 0 atom stereocenters. The van der Waals surface area contributed by atoms with E-state index in [4.69, 9.17) is 0 Å². The highest BCUT2D eigenvalue weighted by Gasteiger charge is 2.21. The van der Waals surface area contributed by atoms with Crippen molar-refractivity contribution in [3.05, 3.63) is 67.7 Å². The maximum Gasteiger partial charge on any atom is 0.332 e. The molecule has 1 aromatic carbocycles. The molecule has 4 aromatic rings. The number of nitrogens with zero attached hydrogens (tertiary/aromatic N) is 7. The van der Waals surface area contributed by atoms with Gasteiger partial charge in [-0.2, -0.15) is 10.4 Å². The van der Waals surface area contributed by atoms with E-state index >= 15 is 0 Å². The Morgan fingerprint density at radius 2 is 1.90 bits per heavy atom. The van der Waals surface area contributed by atoms with Gasteiger partial charge in [-0.1, -0.05) is 18.2 Å². The quantitative estimate of drug-likeness (QED) is 0.429. The summed E-state index contributed by atoms with van der Waals surface area (Å²) in [5, 5.41) is 16.3. The number of hydrogen-bond acceptors (Lipinski definition) is 6. The number of rotatable bonds is 4. The number of fused-ring (bicyclic) bond motifs is 1. The van der Waals surface area contributed by atoms with E-state index in [0.717, 1.165) is 4.57 Å². The second kappa shape index (κ2) is 7.69. The Kier molecular flexibility index (Phi) is 5.04. The third-order valence-electron chi connectivity index (χ3n) is 4.74. The molecule has 31 heavy (non-hydrogen) atoms. The molecule has 0 bridgehead atoms. The summed E-state index contributed by atoms with van der Waals surface area (Å²) in [4.78, 5) is 41.7. The minimum atomic E-state index is -0.563. The summed E-state index contributed by atoms with van der Waals surface area (Å²) in [5.41, 5.74) is 0.00311.